The van der Waals surface area contributed by atoms with Crippen LogP contribution in [0.3, 0.4) is 0 Å². The number of esters is 1. The van der Waals surface area contributed by atoms with Crippen molar-refractivity contribution in [1.82, 2.24) is 15.2 Å². The van der Waals surface area contributed by atoms with Gasteiger partial charge in [-0.05, 0) is 18.2 Å². The Hall–Kier alpha value is -2.34. The summed E-state index contributed by atoms with van der Waals surface area (Å²) in [6, 6.07) is 1.87. The number of alkyl halides is 3. The summed E-state index contributed by atoms with van der Waals surface area (Å²) in [5.74, 6) is -1.11. The summed E-state index contributed by atoms with van der Waals surface area (Å²) >= 11 is 5.69. The average molecular weight is 399 g/mol. The highest BCUT2D eigenvalue weighted by Gasteiger charge is 2.33. The molecule has 0 fully saturated rings. The molecule has 0 radical (unpaired) electrons. The molecule has 0 saturated heterocycles. The second kappa shape index (κ2) is 6.88. The number of hydrogen-bond acceptors (Lipinski definition) is 6. The number of hydrogen-bond donors (Lipinski definition) is 2. The van der Waals surface area contributed by atoms with E-state index in [1.165, 1.54) is 0 Å². The SMILES string of the molecule is COC(=O)Cc1nc(NS(=O)(=O)c2cc(C(F)(F)F)ccc2Cl)n[nH]1. The van der Waals surface area contributed by atoms with Crippen LogP contribution in [-0.4, -0.2) is 36.7 Å². The van der Waals surface area contributed by atoms with Gasteiger partial charge in [0.05, 0.1) is 17.7 Å². The van der Waals surface area contributed by atoms with Crippen LogP contribution in [0, 0.1) is 0 Å². The van der Waals surface area contributed by atoms with Crippen LogP contribution in [0.5, 0.6) is 0 Å². The van der Waals surface area contributed by atoms with E-state index in [9.17, 15) is 26.4 Å². The molecule has 0 aliphatic heterocycles. The van der Waals surface area contributed by atoms with Crippen LogP contribution < -0.4 is 4.72 Å². The highest BCUT2D eigenvalue weighted by molar-refractivity contribution is 7.92. The van der Waals surface area contributed by atoms with Gasteiger partial charge in [-0.3, -0.25) is 9.89 Å². The van der Waals surface area contributed by atoms with Gasteiger partial charge in [0.15, 0.2) is 0 Å². The Kier molecular flexibility index (Phi) is 5.23. The van der Waals surface area contributed by atoms with Crippen LogP contribution in [0.1, 0.15) is 11.4 Å². The highest BCUT2D eigenvalue weighted by Crippen LogP contribution is 2.33. The van der Waals surface area contributed by atoms with E-state index in [0.717, 1.165) is 13.2 Å². The number of halogens is 4. The lowest BCUT2D eigenvalue weighted by molar-refractivity contribution is -0.140. The fraction of sp³-hybridized carbons (Fsp3) is 0.250. The molecule has 0 saturated carbocycles. The van der Waals surface area contributed by atoms with Gasteiger partial charge in [-0.2, -0.15) is 18.2 Å². The minimum absolute atomic E-state index is 0.000288. The Balaban J connectivity index is 2.29. The number of methoxy groups -OCH3 is 1. The molecule has 2 N–H and O–H groups in total. The van der Waals surface area contributed by atoms with E-state index < -0.39 is 43.6 Å². The molecule has 0 atom stereocenters. The lowest BCUT2D eigenvalue weighted by Gasteiger charge is -2.11. The van der Waals surface area contributed by atoms with Crippen molar-refractivity contribution in [3.63, 3.8) is 0 Å². The fourth-order valence-electron chi connectivity index (χ4n) is 1.69. The largest absolute Gasteiger partial charge is 0.469 e. The zero-order valence-corrected chi connectivity index (χ0v) is 14.0. The van der Waals surface area contributed by atoms with E-state index in [0.29, 0.717) is 12.1 Å². The molecule has 136 valence electrons. The first kappa shape index (κ1) is 19.0. The minimum atomic E-state index is -4.74. The van der Waals surface area contributed by atoms with Crippen LogP contribution in [0.15, 0.2) is 23.1 Å². The quantitative estimate of drug-likeness (QED) is 0.744. The zero-order valence-electron chi connectivity index (χ0n) is 12.4. The van der Waals surface area contributed by atoms with Crippen LogP contribution >= 0.6 is 11.6 Å². The number of benzene rings is 1. The second-order valence-electron chi connectivity index (χ2n) is 4.61. The first-order valence-corrected chi connectivity index (χ1v) is 8.26. The van der Waals surface area contributed by atoms with Crippen LogP contribution in [0.4, 0.5) is 19.1 Å². The van der Waals surface area contributed by atoms with Crippen molar-refractivity contribution in [2.24, 2.45) is 0 Å². The lowest BCUT2D eigenvalue weighted by atomic mass is 10.2. The summed E-state index contributed by atoms with van der Waals surface area (Å²) in [6.45, 7) is 0. The Morgan fingerprint density at radius 1 is 1.40 bits per heavy atom. The molecule has 0 unspecified atom stereocenters. The fourth-order valence-corrected chi connectivity index (χ4v) is 3.16. The molecular formula is C12H10ClF3N4O4S. The van der Waals surface area contributed by atoms with Gasteiger partial charge in [-0.1, -0.05) is 11.6 Å². The van der Waals surface area contributed by atoms with E-state index in [2.05, 4.69) is 19.9 Å². The Morgan fingerprint density at radius 2 is 2.08 bits per heavy atom. The maximum Gasteiger partial charge on any atom is 0.416 e. The molecule has 13 heteroatoms. The number of sulfonamides is 1. The second-order valence-corrected chi connectivity index (χ2v) is 6.67. The Labute approximate surface area is 144 Å². The number of carbonyl (C=O) groups is 1. The van der Waals surface area contributed by atoms with Crippen molar-refractivity contribution < 1.29 is 31.1 Å². The van der Waals surface area contributed by atoms with Gasteiger partial charge in [-0.15, -0.1) is 5.10 Å². The third-order valence-corrected chi connectivity index (χ3v) is 4.65. The number of aromatic amines is 1. The van der Waals surface area contributed by atoms with Crippen LogP contribution in [0.2, 0.25) is 5.02 Å². The molecule has 2 aromatic rings. The smallest absolute Gasteiger partial charge is 0.416 e. The highest BCUT2D eigenvalue weighted by atomic mass is 35.5. The summed E-state index contributed by atoms with van der Waals surface area (Å²) in [5, 5.41) is 5.40. The number of ether oxygens (including phenoxy) is 1. The standard InChI is InChI=1S/C12H10ClF3N4O4S/c1-24-10(21)5-9-17-11(19-18-9)20-25(22,23)8-4-6(12(14,15)16)2-3-7(8)13/h2-4H,5H2,1H3,(H2,17,18,19,20). The van der Waals surface area contributed by atoms with Crippen molar-refractivity contribution in [1.29, 1.82) is 0 Å². The molecule has 1 aromatic heterocycles. The van der Waals surface area contributed by atoms with Crippen molar-refractivity contribution >= 4 is 33.5 Å². The first-order chi connectivity index (χ1) is 11.5. The molecular weight excluding hydrogens is 389 g/mol. The minimum Gasteiger partial charge on any atom is -0.469 e. The topological polar surface area (TPSA) is 114 Å². The molecule has 1 heterocycles. The predicted molar refractivity (Wildman–Crippen MR) is 79.4 cm³/mol. The van der Waals surface area contributed by atoms with E-state index in [4.69, 9.17) is 11.6 Å². The monoisotopic (exact) mass is 398 g/mol. The molecule has 0 spiro atoms. The van der Waals surface area contributed by atoms with Gasteiger partial charge in [0.2, 0.25) is 0 Å². The molecule has 0 amide bonds. The van der Waals surface area contributed by atoms with E-state index in [1.807, 2.05) is 4.72 Å². The maximum absolute atomic E-state index is 12.7. The molecule has 0 aliphatic rings. The van der Waals surface area contributed by atoms with E-state index in [1.54, 1.807) is 0 Å². The molecule has 2 rings (SSSR count). The molecule has 0 bridgehead atoms. The number of rotatable bonds is 5. The van der Waals surface area contributed by atoms with Gasteiger partial charge in [0.1, 0.15) is 17.1 Å². The number of H-pyrrole nitrogens is 1. The number of nitrogens with one attached hydrogen (secondary N) is 2. The summed E-state index contributed by atoms with van der Waals surface area (Å²) in [6.07, 6.45) is -5.04. The van der Waals surface area contributed by atoms with Crippen molar-refractivity contribution in [3.05, 3.63) is 34.6 Å². The van der Waals surface area contributed by atoms with Crippen molar-refractivity contribution in [3.8, 4) is 0 Å². The Morgan fingerprint density at radius 3 is 2.68 bits per heavy atom. The third kappa shape index (κ3) is 4.60. The number of aromatic nitrogens is 3. The van der Waals surface area contributed by atoms with Crippen LogP contribution in [0.25, 0.3) is 0 Å². The van der Waals surface area contributed by atoms with E-state index >= 15 is 0 Å². The number of nitrogens with zero attached hydrogens (tertiary/aromatic N) is 2. The number of carbonyl (C=O) groups excluding carboxylic acids is 1. The maximum atomic E-state index is 12.7. The van der Waals surface area contributed by atoms with Gasteiger partial charge in [0.25, 0.3) is 16.0 Å². The van der Waals surface area contributed by atoms with Crippen molar-refractivity contribution in [2.75, 3.05) is 11.8 Å². The van der Waals surface area contributed by atoms with Gasteiger partial charge in [0, 0.05) is 0 Å². The summed E-state index contributed by atoms with van der Waals surface area (Å²) < 4.78 is 69.0. The molecule has 8 nitrogen and oxygen atoms in total. The third-order valence-electron chi connectivity index (χ3n) is 2.84. The molecule has 0 aliphatic carbocycles. The summed E-state index contributed by atoms with van der Waals surface area (Å²) in [7, 11) is -3.34. The Bertz CT molecular complexity index is 898. The van der Waals surface area contributed by atoms with Gasteiger partial charge < -0.3 is 4.74 Å². The molecule has 25 heavy (non-hydrogen) atoms. The van der Waals surface area contributed by atoms with Crippen LogP contribution in [-0.2, 0) is 32.2 Å². The summed E-state index contributed by atoms with van der Waals surface area (Å²) in [5.41, 5.74) is -1.18. The summed E-state index contributed by atoms with van der Waals surface area (Å²) in [4.78, 5) is 14.0. The normalized spacial score (nSPS) is 12.0. The van der Waals surface area contributed by atoms with Gasteiger partial charge >= 0.3 is 12.1 Å². The van der Waals surface area contributed by atoms with Crippen molar-refractivity contribution in [2.45, 2.75) is 17.5 Å². The lowest BCUT2D eigenvalue weighted by Crippen LogP contribution is -2.16. The zero-order chi connectivity index (χ0) is 18.8. The average Bonchev–Trinajstić information content (AvgIpc) is 2.92. The van der Waals surface area contributed by atoms with Gasteiger partial charge in [-0.25, -0.2) is 13.1 Å². The number of anilines is 1. The van der Waals surface area contributed by atoms with E-state index in [-0.39, 0.29) is 12.2 Å². The predicted octanol–water partition coefficient (Wildman–Crippen LogP) is 1.99. The molecule has 1 aromatic carbocycles. The first-order valence-electron chi connectivity index (χ1n) is 6.40.